The molecule has 0 unspecified atom stereocenters. The number of fused-ring (bicyclic) bond motifs is 1. The van der Waals surface area contributed by atoms with Crippen molar-refractivity contribution < 1.29 is 28.2 Å². The molecule has 180 valence electrons. The third-order valence-electron chi connectivity index (χ3n) is 5.98. The van der Waals surface area contributed by atoms with Crippen molar-refractivity contribution in [1.82, 2.24) is 4.98 Å². The molecule has 4 rings (SSSR count). The molecular weight excluding hydrogens is 453 g/mol. The van der Waals surface area contributed by atoms with Gasteiger partial charge < -0.3 is 19.7 Å². The number of esters is 2. The van der Waals surface area contributed by atoms with Crippen molar-refractivity contribution in [3.8, 4) is 11.1 Å². The third-order valence-corrected chi connectivity index (χ3v) is 5.98. The monoisotopic (exact) mass is 477 g/mol. The number of rotatable bonds is 5. The van der Waals surface area contributed by atoms with E-state index in [2.05, 4.69) is 10.3 Å². The minimum atomic E-state index is -0.763. The normalized spacial score (nSPS) is 12.7. The lowest BCUT2D eigenvalue weighted by Gasteiger charge is -2.29. The largest absolute Gasteiger partial charge is 0.465 e. The van der Waals surface area contributed by atoms with Gasteiger partial charge in [-0.25, -0.2) is 14.0 Å². The van der Waals surface area contributed by atoms with Crippen LogP contribution in [-0.4, -0.2) is 44.1 Å². The van der Waals surface area contributed by atoms with E-state index in [1.807, 2.05) is 0 Å². The van der Waals surface area contributed by atoms with Crippen molar-refractivity contribution in [2.75, 3.05) is 31.5 Å². The van der Waals surface area contributed by atoms with Crippen LogP contribution in [0.4, 0.5) is 21.5 Å². The number of nitrogens with one attached hydrogen (secondary N) is 1. The van der Waals surface area contributed by atoms with E-state index in [0.717, 1.165) is 0 Å². The highest BCUT2D eigenvalue weighted by atomic mass is 19.1. The van der Waals surface area contributed by atoms with Gasteiger partial charge >= 0.3 is 11.9 Å². The van der Waals surface area contributed by atoms with Gasteiger partial charge in [-0.05, 0) is 49.2 Å². The number of hydrogen-bond donors (Lipinski definition) is 1. The van der Waals surface area contributed by atoms with Gasteiger partial charge in [0.15, 0.2) is 0 Å². The van der Waals surface area contributed by atoms with Gasteiger partial charge in [0, 0.05) is 36.5 Å². The van der Waals surface area contributed by atoms with Gasteiger partial charge in [-0.1, -0.05) is 6.07 Å². The van der Waals surface area contributed by atoms with Gasteiger partial charge in [-0.15, -0.1) is 0 Å². The topological polar surface area (TPSA) is 97.8 Å². The molecule has 35 heavy (non-hydrogen) atoms. The maximum Gasteiger partial charge on any atom is 0.340 e. The average molecular weight is 477 g/mol. The van der Waals surface area contributed by atoms with Crippen LogP contribution in [0.25, 0.3) is 11.1 Å². The average Bonchev–Trinajstić information content (AvgIpc) is 2.85. The molecule has 0 saturated carbocycles. The molecule has 2 heterocycles. The molecule has 0 fully saturated rings. The first-order valence-electron chi connectivity index (χ1n) is 10.9. The fourth-order valence-electron chi connectivity index (χ4n) is 4.23. The van der Waals surface area contributed by atoms with Crippen LogP contribution < -0.4 is 10.2 Å². The summed E-state index contributed by atoms with van der Waals surface area (Å²) in [5.41, 5.74) is 2.85. The molecule has 3 aromatic rings. The summed E-state index contributed by atoms with van der Waals surface area (Å²) in [5, 5.41) is 3.11. The Balaban J connectivity index is 1.97. The lowest BCUT2D eigenvalue weighted by molar-refractivity contribution is -0.118. The van der Waals surface area contributed by atoms with Crippen LogP contribution in [0.2, 0.25) is 0 Å². The number of ether oxygens (including phenoxy) is 2. The fourth-order valence-corrected chi connectivity index (χ4v) is 4.23. The van der Waals surface area contributed by atoms with Gasteiger partial charge in [0.25, 0.3) is 0 Å². The maximum absolute atomic E-state index is 16.1. The molecule has 0 bridgehead atoms. The van der Waals surface area contributed by atoms with Gasteiger partial charge in [0.2, 0.25) is 5.91 Å². The highest BCUT2D eigenvalue weighted by Crippen LogP contribution is 2.42. The summed E-state index contributed by atoms with van der Waals surface area (Å²) in [7, 11) is 4.00. The number of aromatic nitrogens is 1. The molecular formula is C26H24FN3O5. The SMILES string of the molecule is COC(=O)c1cccc(Nc2cc3c(c(F)c2-c2ccnc(C)c2)CCC(=O)N3C)c1C(=O)OC. The summed E-state index contributed by atoms with van der Waals surface area (Å²) in [6, 6.07) is 9.70. The molecule has 1 aliphatic rings. The van der Waals surface area contributed by atoms with Crippen LogP contribution >= 0.6 is 0 Å². The van der Waals surface area contributed by atoms with Crippen molar-refractivity contribution in [1.29, 1.82) is 0 Å². The van der Waals surface area contributed by atoms with E-state index in [1.165, 1.54) is 25.2 Å². The van der Waals surface area contributed by atoms with Gasteiger partial charge in [-0.3, -0.25) is 9.78 Å². The highest BCUT2D eigenvalue weighted by Gasteiger charge is 2.29. The van der Waals surface area contributed by atoms with Crippen LogP contribution in [0.1, 0.15) is 38.4 Å². The standard InChI is InChI=1S/C26H24FN3O5/c1-14-12-15(10-11-28-14)22-19(13-20-16(24(22)27)8-9-21(31)30(20)2)29-18-7-5-6-17(25(32)34-3)23(18)26(33)35-4/h5-7,10-13,29H,8-9H2,1-4H3. The number of carbonyl (C=O) groups is 3. The lowest BCUT2D eigenvalue weighted by atomic mass is 9.93. The van der Waals surface area contributed by atoms with Crippen LogP contribution in [-0.2, 0) is 20.7 Å². The van der Waals surface area contributed by atoms with E-state index in [1.54, 1.807) is 50.5 Å². The number of benzene rings is 2. The first-order valence-corrected chi connectivity index (χ1v) is 10.9. The Labute approximate surface area is 201 Å². The zero-order chi connectivity index (χ0) is 25.3. The predicted octanol–water partition coefficient (Wildman–Crippen LogP) is 4.42. The number of nitrogens with zero attached hydrogens (tertiary/aromatic N) is 2. The summed E-state index contributed by atoms with van der Waals surface area (Å²) in [6.07, 6.45) is 2.06. The second kappa shape index (κ2) is 9.54. The lowest BCUT2D eigenvalue weighted by Crippen LogP contribution is -2.32. The Morgan fingerprint density at radius 1 is 1.06 bits per heavy atom. The highest BCUT2D eigenvalue weighted by molar-refractivity contribution is 6.08. The van der Waals surface area contributed by atoms with Crippen molar-refractivity contribution in [3.05, 3.63) is 70.8 Å². The molecule has 1 N–H and O–H groups in total. The molecule has 8 nitrogen and oxygen atoms in total. The molecule has 1 aliphatic heterocycles. The Hall–Kier alpha value is -4.27. The zero-order valence-corrected chi connectivity index (χ0v) is 19.8. The summed E-state index contributed by atoms with van der Waals surface area (Å²) < 4.78 is 25.8. The van der Waals surface area contributed by atoms with Crippen molar-refractivity contribution in [2.45, 2.75) is 19.8 Å². The summed E-state index contributed by atoms with van der Waals surface area (Å²) in [5.74, 6) is -2.08. The van der Waals surface area contributed by atoms with E-state index in [-0.39, 0.29) is 41.1 Å². The molecule has 0 atom stereocenters. The summed E-state index contributed by atoms with van der Waals surface area (Å²) in [6.45, 7) is 1.80. The number of amides is 1. The smallest absolute Gasteiger partial charge is 0.340 e. The van der Waals surface area contributed by atoms with Crippen LogP contribution in [0.15, 0.2) is 42.6 Å². The van der Waals surface area contributed by atoms with E-state index in [0.29, 0.717) is 28.2 Å². The number of pyridine rings is 1. The zero-order valence-electron chi connectivity index (χ0n) is 19.8. The number of aryl methyl sites for hydroxylation is 1. The quantitative estimate of drug-likeness (QED) is 0.543. The minimum absolute atomic E-state index is 0.00335. The van der Waals surface area contributed by atoms with Crippen LogP contribution in [0.3, 0.4) is 0 Å². The summed E-state index contributed by atoms with van der Waals surface area (Å²) in [4.78, 5) is 42.9. The van der Waals surface area contributed by atoms with Gasteiger partial charge in [0.05, 0.1) is 42.4 Å². The maximum atomic E-state index is 16.1. The molecule has 9 heteroatoms. The second-order valence-corrected chi connectivity index (χ2v) is 8.09. The first-order chi connectivity index (χ1) is 16.8. The minimum Gasteiger partial charge on any atom is -0.465 e. The van der Waals surface area contributed by atoms with E-state index in [9.17, 15) is 14.4 Å². The van der Waals surface area contributed by atoms with E-state index >= 15 is 4.39 Å². The fraction of sp³-hybridized carbons (Fsp3) is 0.231. The number of hydrogen-bond acceptors (Lipinski definition) is 7. The number of carbonyl (C=O) groups excluding carboxylic acids is 3. The van der Waals surface area contributed by atoms with Crippen molar-refractivity contribution >= 4 is 34.9 Å². The third kappa shape index (κ3) is 4.32. The van der Waals surface area contributed by atoms with Crippen LogP contribution in [0, 0.1) is 12.7 Å². The Bertz CT molecular complexity index is 1360. The Morgan fingerprint density at radius 2 is 1.80 bits per heavy atom. The second-order valence-electron chi connectivity index (χ2n) is 8.09. The molecule has 0 aliphatic carbocycles. The van der Waals surface area contributed by atoms with Gasteiger partial charge in [0.1, 0.15) is 5.82 Å². The summed E-state index contributed by atoms with van der Waals surface area (Å²) >= 11 is 0. The molecule has 0 saturated heterocycles. The van der Waals surface area contributed by atoms with E-state index in [4.69, 9.17) is 9.47 Å². The molecule has 1 amide bonds. The van der Waals surface area contributed by atoms with E-state index < -0.39 is 17.8 Å². The van der Waals surface area contributed by atoms with Gasteiger partial charge in [-0.2, -0.15) is 0 Å². The Morgan fingerprint density at radius 3 is 2.49 bits per heavy atom. The molecule has 0 spiro atoms. The molecule has 0 radical (unpaired) electrons. The number of halogens is 1. The molecule has 2 aromatic carbocycles. The number of methoxy groups -OCH3 is 2. The van der Waals surface area contributed by atoms with Crippen molar-refractivity contribution in [2.24, 2.45) is 0 Å². The van der Waals surface area contributed by atoms with Crippen molar-refractivity contribution in [3.63, 3.8) is 0 Å². The Kier molecular flexibility index (Phi) is 6.50. The molecule has 1 aromatic heterocycles. The predicted molar refractivity (Wildman–Crippen MR) is 129 cm³/mol. The first kappa shape index (κ1) is 23.9. The number of anilines is 3. The van der Waals surface area contributed by atoms with Crippen LogP contribution in [0.5, 0.6) is 0 Å².